The van der Waals surface area contributed by atoms with Gasteiger partial charge in [0.2, 0.25) is 0 Å². The molecule has 3 aromatic heterocycles. The van der Waals surface area contributed by atoms with E-state index >= 15 is 0 Å². The van der Waals surface area contributed by atoms with Crippen molar-refractivity contribution < 1.29 is 14.1 Å². The summed E-state index contributed by atoms with van der Waals surface area (Å²) in [7, 11) is 0. The molecule has 3 heterocycles. The number of hydrogen-bond acceptors (Lipinski definition) is 7. The van der Waals surface area contributed by atoms with Crippen LogP contribution in [0.1, 0.15) is 60.5 Å². The van der Waals surface area contributed by atoms with Crippen LogP contribution in [0.3, 0.4) is 0 Å². The van der Waals surface area contributed by atoms with E-state index in [4.69, 9.17) is 9.26 Å². The van der Waals surface area contributed by atoms with E-state index in [1.807, 2.05) is 45.2 Å². The lowest BCUT2D eigenvalue weighted by Gasteiger charge is -2.10. The highest BCUT2D eigenvalue weighted by molar-refractivity contribution is 5.69. The minimum Gasteiger partial charge on any atom is -0.456 e. The van der Waals surface area contributed by atoms with Crippen LogP contribution in [0.5, 0.6) is 0 Å². The molecule has 0 saturated carbocycles. The summed E-state index contributed by atoms with van der Waals surface area (Å²) in [6.07, 6.45) is 0.791. The van der Waals surface area contributed by atoms with Gasteiger partial charge >= 0.3 is 5.97 Å². The normalized spacial score (nSPS) is 11.5. The topological polar surface area (TPSA) is 95.4 Å². The van der Waals surface area contributed by atoms with E-state index in [1.54, 1.807) is 0 Å². The molecule has 0 aliphatic heterocycles. The van der Waals surface area contributed by atoms with Crippen LogP contribution in [0.2, 0.25) is 0 Å². The summed E-state index contributed by atoms with van der Waals surface area (Å²) in [5.41, 5.74) is 4.64. The maximum Gasteiger partial charge on any atom is 0.306 e. The zero-order valence-corrected chi connectivity index (χ0v) is 15.7. The first-order valence-corrected chi connectivity index (χ1v) is 8.65. The third-order valence-corrected chi connectivity index (χ3v) is 4.22. The van der Waals surface area contributed by atoms with Gasteiger partial charge in [0.15, 0.2) is 18.1 Å². The van der Waals surface area contributed by atoms with Gasteiger partial charge in [-0.25, -0.2) is 9.50 Å². The van der Waals surface area contributed by atoms with Crippen LogP contribution in [0, 0.1) is 20.8 Å². The molecule has 0 radical (unpaired) electrons. The van der Waals surface area contributed by atoms with E-state index in [9.17, 15) is 4.79 Å². The fourth-order valence-corrected chi connectivity index (χ4v) is 2.81. The quantitative estimate of drug-likeness (QED) is 0.626. The molecule has 3 rings (SSSR count). The van der Waals surface area contributed by atoms with E-state index in [-0.39, 0.29) is 24.9 Å². The van der Waals surface area contributed by atoms with Crippen LogP contribution in [0.25, 0.3) is 5.65 Å². The van der Waals surface area contributed by atoms with Gasteiger partial charge in [-0.1, -0.05) is 19.0 Å². The summed E-state index contributed by atoms with van der Waals surface area (Å²) in [5, 5.41) is 8.29. The Bertz CT molecular complexity index is 942. The lowest BCUT2D eigenvalue weighted by molar-refractivity contribution is -0.145. The van der Waals surface area contributed by atoms with Gasteiger partial charge in [0, 0.05) is 29.8 Å². The molecule has 138 valence electrons. The molecule has 0 aliphatic carbocycles. The second kappa shape index (κ2) is 7.23. The second-order valence-electron chi connectivity index (χ2n) is 6.68. The number of nitrogens with zero attached hydrogens (tertiary/aromatic N) is 5. The SMILES string of the molecule is Cc1cc2nc(C)c(CCC(=O)OCc3nc(C(C)C)no3)c(C)n2n1. The van der Waals surface area contributed by atoms with Gasteiger partial charge in [-0.3, -0.25) is 4.79 Å². The predicted octanol–water partition coefficient (Wildman–Crippen LogP) is 2.84. The molecule has 0 N–H and O–H groups in total. The van der Waals surface area contributed by atoms with E-state index in [0.717, 1.165) is 28.3 Å². The predicted molar refractivity (Wildman–Crippen MR) is 93.7 cm³/mol. The van der Waals surface area contributed by atoms with Gasteiger partial charge in [-0.05, 0) is 32.8 Å². The Morgan fingerprint density at radius 3 is 2.73 bits per heavy atom. The van der Waals surface area contributed by atoms with Gasteiger partial charge in [0.05, 0.1) is 5.69 Å². The number of fused-ring (bicyclic) bond motifs is 1. The van der Waals surface area contributed by atoms with Gasteiger partial charge in [0.25, 0.3) is 5.89 Å². The second-order valence-corrected chi connectivity index (χ2v) is 6.68. The zero-order valence-electron chi connectivity index (χ0n) is 15.7. The Morgan fingerprint density at radius 1 is 1.27 bits per heavy atom. The van der Waals surface area contributed by atoms with Crippen molar-refractivity contribution in [3.63, 3.8) is 0 Å². The number of esters is 1. The lowest BCUT2D eigenvalue weighted by atomic mass is 10.1. The molecule has 0 fully saturated rings. The first-order chi connectivity index (χ1) is 12.3. The third kappa shape index (κ3) is 3.74. The molecule has 0 amide bonds. The highest BCUT2D eigenvalue weighted by Gasteiger charge is 2.15. The molecule has 0 aromatic carbocycles. The number of hydrogen-bond donors (Lipinski definition) is 0. The van der Waals surface area contributed by atoms with Crippen molar-refractivity contribution in [3.8, 4) is 0 Å². The molecule has 0 spiro atoms. The molecular weight excluding hydrogens is 334 g/mol. The Labute approximate surface area is 151 Å². The fourth-order valence-electron chi connectivity index (χ4n) is 2.81. The monoisotopic (exact) mass is 357 g/mol. The fraction of sp³-hybridized carbons (Fsp3) is 0.500. The van der Waals surface area contributed by atoms with Crippen molar-refractivity contribution in [2.24, 2.45) is 0 Å². The minimum atomic E-state index is -0.315. The highest BCUT2D eigenvalue weighted by Crippen LogP contribution is 2.17. The van der Waals surface area contributed by atoms with Crippen LogP contribution in [0.4, 0.5) is 0 Å². The van der Waals surface area contributed by atoms with Gasteiger partial charge in [-0.15, -0.1) is 0 Å². The number of carbonyl (C=O) groups is 1. The van der Waals surface area contributed by atoms with Gasteiger partial charge < -0.3 is 9.26 Å². The average Bonchev–Trinajstić information content (AvgIpc) is 3.19. The molecule has 0 aliphatic rings. The highest BCUT2D eigenvalue weighted by atomic mass is 16.6. The summed E-state index contributed by atoms with van der Waals surface area (Å²) in [6, 6.07) is 1.94. The molecule has 0 bridgehead atoms. The van der Waals surface area contributed by atoms with E-state index in [2.05, 4.69) is 20.2 Å². The Hall–Kier alpha value is -2.77. The zero-order chi connectivity index (χ0) is 18.8. The Kier molecular flexibility index (Phi) is 5.01. The summed E-state index contributed by atoms with van der Waals surface area (Å²) in [4.78, 5) is 20.8. The first-order valence-electron chi connectivity index (χ1n) is 8.65. The number of ether oxygens (including phenoxy) is 1. The number of aryl methyl sites for hydroxylation is 3. The van der Waals surface area contributed by atoms with Crippen molar-refractivity contribution in [2.45, 2.75) is 60.0 Å². The third-order valence-electron chi connectivity index (χ3n) is 4.22. The van der Waals surface area contributed by atoms with Crippen LogP contribution < -0.4 is 0 Å². The van der Waals surface area contributed by atoms with Crippen molar-refractivity contribution in [1.82, 2.24) is 24.7 Å². The molecular formula is C18H23N5O3. The Morgan fingerprint density at radius 2 is 2.04 bits per heavy atom. The maximum atomic E-state index is 12.1. The first kappa shape index (κ1) is 18.0. The standard InChI is InChI=1S/C18H23N5O3/c1-10(2)18-20-16(26-22-18)9-25-17(24)7-6-14-12(4)19-15-8-11(3)21-23(15)13(14)5/h8,10H,6-7,9H2,1-5H3. The smallest absolute Gasteiger partial charge is 0.306 e. The van der Waals surface area contributed by atoms with Crippen molar-refractivity contribution in [2.75, 3.05) is 0 Å². The number of rotatable bonds is 6. The van der Waals surface area contributed by atoms with E-state index in [0.29, 0.717) is 18.1 Å². The van der Waals surface area contributed by atoms with Gasteiger partial charge in [0.1, 0.15) is 0 Å². The maximum absolute atomic E-state index is 12.1. The molecule has 0 unspecified atom stereocenters. The van der Waals surface area contributed by atoms with Crippen LogP contribution in [-0.4, -0.2) is 30.7 Å². The van der Waals surface area contributed by atoms with Gasteiger partial charge in [-0.2, -0.15) is 10.1 Å². The summed E-state index contributed by atoms with van der Waals surface area (Å²) in [6.45, 7) is 9.80. The summed E-state index contributed by atoms with van der Waals surface area (Å²) >= 11 is 0. The molecule has 8 nitrogen and oxygen atoms in total. The molecule has 8 heteroatoms. The Balaban J connectivity index is 1.61. The lowest BCUT2D eigenvalue weighted by Crippen LogP contribution is -2.10. The molecule has 0 saturated heterocycles. The largest absolute Gasteiger partial charge is 0.456 e. The molecule has 3 aromatic rings. The van der Waals surface area contributed by atoms with Crippen molar-refractivity contribution >= 4 is 11.6 Å². The number of aromatic nitrogens is 5. The minimum absolute atomic E-state index is 0.00778. The summed E-state index contributed by atoms with van der Waals surface area (Å²) < 4.78 is 12.1. The molecule has 0 atom stereocenters. The van der Waals surface area contributed by atoms with Crippen LogP contribution >= 0.6 is 0 Å². The van der Waals surface area contributed by atoms with E-state index < -0.39 is 0 Å². The number of carbonyl (C=O) groups excluding carboxylic acids is 1. The van der Waals surface area contributed by atoms with Crippen molar-refractivity contribution in [3.05, 3.63) is 40.4 Å². The summed E-state index contributed by atoms with van der Waals surface area (Å²) in [5.74, 6) is 0.771. The van der Waals surface area contributed by atoms with Crippen LogP contribution in [0.15, 0.2) is 10.6 Å². The van der Waals surface area contributed by atoms with E-state index in [1.165, 1.54) is 0 Å². The molecule has 26 heavy (non-hydrogen) atoms. The average molecular weight is 357 g/mol. The van der Waals surface area contributed by atoms with Crippen molar-refractivity contribution in [1.29, 1.82) is 0 Å². The van der Waals surface area contributed by atoms with Crippen LogP contribution in [-0.2, 0) is 22.6 Å².